The molecule has 0 radical (unpaired) electrons. The van der Waals surface area contributed by atoms with Crippen LogP contribution in [0.3, 0.4) is 0 Å². The van der Waals surface area contributed by atoms with E-state index in [0.29, 0.717) is 30.4 Å². The Kier molecular flexibility index (Phi) is 7.80. The summed E-state index contributed by atoms with van der Waals surface area (Å²) in [5, 5.41) is 17.6. The van der Waals surface area contributed by atoms with E-state index < -0.39 is 0 Å². The third-order valence-electron chi connectivity index (χ3n) is 6.69. The lowest BCUT2D eigenvalue weighted by Crippen LogP contribution is -2.40. The average Bonchev–Trinajstić information content (AvgIpc) is 3.27. The lowest BCUT2D eigenvalue weighted by molar-refractivity contribution is 0.194. The second-order valence-electron chi connectivity index (χ2n) is 11.7. The summed E-state index contributed by atoms with van der Waals surface area (Å²) in [6.07, 6.45) is 1.68. The molecule has 1 aliphatic rings. The van der Waals surface area contributed by atoms with E-state index >= 15 is 0 Å². The first kappa shape index (κ1) is 27.7. The summed E-state index contributed by atoms with van der Waals surface area (Å²) in [5.74, 6) is 0.676. The van der Waals surface area contributed by atoms with Crippen molar-refractivity contribution in [2.24, 2.45) is 0 Å². The number of nitrogens with one attached hydrogen (secondary N) is 1. The number of aromatic nitrogens is 2. The van der Waals surface area contributed by atoms with Crippen LogP contribution in [0.25, 0.3) is 11.3 Å². The Bertz CT molecular complexity index is 1250. The molecule has 6 nitrogen and oxygen atoms in total. The van der Waals surface area contributed by atoms with Crippen LogP contribution in [0.5, 0.6) is 5.75 Å². The molecule has 1 aromatic carbocycles. The van der Waals surface area contributed by atoms with Crippen molar-refractivity contribution in [3.63, 3.8) is 0 Å². The number of phenolic OH excluding ortho intramolecular Hbond substituents is 1. The first-order valence-electron chi connectivity index (χ1n) is 12.4. The van der Waals surface area contributed by atoms with Gasteiger partial charge in [0.25, 0.3) is 0 Å². The van der Waals surface area contributed by atoms with Gasteiger partial charge in [0.1, 0.15) is 16.1 Å². The van der Waals surface area contributed by atoms with Crippen LogP contribution in [-0.2, 0) is 10.8 Å². The van der Waals surface area contributed by atoms with Gasteiger partial charge in [-0.05, 0) is 47.9 Å². The predicted octanol–water partition coefficient (Wildman–Crippen LogP) is 8.22. The van der Waals surface area contributed by atoms with Crippen LogP contribution in [-0.4, -0.2) is 39.1 Å². The zero-order chi connectivity index (χ0) is 27.1. The number of likely N-dealkylation sites (tertiary alicyclic amines) is 1. The van der Waals surface area contributed by atoms with Crippen LogP contribution in [0.1, 0.15) is 76.4 Å². The summed E-state index contributed by atoms with van der Waals surface area (Å²) in [5.41, 5.74) is 3.96. The number of phenols is 1. The Morgan fingerprint density at radius 3 is 2.03 bits per heavy atom. The van der Waals surface area contributed by atoms with E-state index in [2.05, 4.69) is 69.4 Å². The first-order valence-corrected chi connectivity index (χ1v) is 14.1. The number of nitrogens with zero attached hydrogens (tertiary/aromatic N) is 3. The summed E-state index contributed by atoms with van der Waals surface area (Å²) >= 11 is 13.6. The van der Waals surface area contributed by atoms with Crippen molar-refractivity contribution < 1.29 is 9.90 Å². The van der Waals surface area contributed by atoms with Gasteiger partial charge in [0.15, 0.2) is 0 Å². The SMILES string of the molecule is CC(C)(C)c1cc(-c2csc(C3CCN(C(=O)Nc4cc(Cl)nc(Cl)c4)CC3)n2)cc(C(C)(C)C)c1O. The van der Waals surface area contributed by atoms with Crippen molar-refractivity contribution in [1.29, 1.82) is 0 Å². The van der Waals surface area contributed by atoms with Gasteiger partial charge in [0.05, 0.1) is 10.7 Å². The molecule has 1 fully saturated rings. The quantitative estimate of drug-likeness (QED) is 0.316. The standard InChI is InChI=1S/C28H34Cl2N4O2S/c1-27(2,3)19-11-17(12-20(24(19)35)28(4,5)6)21-15-37-25(32-21)16-7-9-34(10-8-16)26(36)31-18-13-22(29)33-23(30)14-18/h11-16,35H,7-10H2,1-6H3,(H,31,33,36). The van der Waals surface area contributed by atoms with E-state index in [1.54, 1.807) is 28.4 Å². The number of hydrogen-bond acceptors (Lipinski definition) is 5. The maximum absolute atomic E-state index is 12.8. The molecular weight excluding hydrogens is 527 g/mol. The molecule has 3 aromatic rings. The van der Waals surface area contributed by atoms with Crippen LogP contribution >= 0.6 is 34.5 Å². The second kappa shape index (κ2) is 10.4. The molecule has 9 heteroatoms. The van der Waals surface area contributed by atoms with E-state index in [-0.39, 0.29) is 27.2 Å². The highest BCUT2D eigenvalue weighted by molar-refractivity contribution is 7.10. The molecule has 2 N–H and O–H groups in total. The molecule has 37 heavy (non-hydrogen) atoms. The topological polar surface area (TPSA) is 78.4 Å². The summed E-state index contributed by atoms with van der Waals surface area (Å²) < 4.78 is 0. The summed E-state index contributed by atoms with van der Waals surface area (Å²) in [4.78, 5) is 23.5. The number of aromatic hydroxyl groups is 1. The molecule has 4 rings (SSSR count). The maximum atomic E-state index is 12.8. The van der Waals surface area contributed by atoms with Crippen molar-refractivity contribution >= 4 is 46.3 Å². The number of hydrogen-bond donors (Lipinski definition) is 2. The van der Waals surface area contributed by atoms with Crippen molar-refractivity contribution in [2.75, 3.05) is 18.4 Å². The molecule has 2 aromatic heterocycles. The normalized spacial score (nSPS) is 15.2. The number of piperidine rings is 1. The molecule has 0 bridgehead atoms. The van der Waals surface area contributed by atoms with Crippen molar-refractivity contribution in [3.8, 4) is 17.0 Å². The molecule has 0 atom stereocenters. The summed E-state index contributed by atoms with van der Waals surface area (Å²) in [6, 6.07) is 7.13. The number of benzene rings is 1. The van der Waals surface area contributed by atoms with Gasteiger partial charge in [0, 0.05) is 46.8 Å². The number of carbonyl (C=O) groups excluding carboxylic acids is 1. The Morgan fingerprint density at radius 2 is 1.51 bits per heavy atom. The van der Waals surface area contributed by atoms with E-state index in [1.807, 2.05) is 0 Å². The van der Waals surface area contributed by atoms with Crippen LogP contribution in [0.4, 0.5) is 10.5 Å². The fourth-order valence-corrected chi connectivity index (χ4v) is 6.06. The molecule has 0 saturated carbocycles. The lowest BCUT2D eigenvalue weighted by Gasteiger charge is -2.31. The minimum absolute atomic E-state index is 0.176. The molecule has 0 spiro atoms. The Morgan fingerprint density at radius 1 is 0.973 bits per heavy atom. The van der Waals surface area contributed by atoms with Crippen LogP contribution in [0.2, 0.25) is 10.3 Å². The van der Waals surface area contributed by atoms with Gasteiger partial charge in [-0.2, -0.15) is 0 Å². The van der Waals surface area contributed by atoms with Gasteiger partial charge in [-0.1, -0.05) is 64.7 Å². The Balaban J connectivity index is 1.48. The monoisotopic (exact) mass is 560 g/mol. The van der Waals surface area contributed by atoms with Crippen LogP contribution in [0, 0.1) is 0 Å². The number of halogens is 2. The molecule has 0 aliphatic carbocycles. The fourth-order valence-electron chi connectivity index (χ4n) is 4.60. The lowest BCUT2D eigenvalue weighted by atomic mass is 9.78. The predicted molar refractivity (Wildman–Crippen MR) is 153 cm³/mol. The van der Waals surface area contributed by atoms with Crippen molar-refractivity contribution in [3.05, 3.63) is 56.1 Å². The number of rotatable bonds is 3. The minimum atomic E-state index is -0.195. The van der Waals surface area contributed by atoms with Gasteiger partial charge < -0.3 is 15.3 Å². The van der Waals surface area contributed by atoms with Crippen LogP contribution in [0.15, 0.2) is 29.6 Å². The highest BCUT2D eigenvalue weighted by Crippen LogP contribution is 2.42. The molecule has 198 valence electrons. The van der Waals surface area contributed by atoms with E-state index in [0.717, 1.165) is 40.2 Å². The molecule has 0 unspecified atom stereocenters. The van der Waals surface area contributed by atoms with Gasteiger partial charge in [0.2, 0.25) is 0 Å². The van der Waals surface area contributed by atoms with Crippen molar-refractivity contribution in [2.45, 2.75) is 71.1 Å². The maximum Gasteiger partial charge on any atom is 0.321 e. The molecule has 1 saturated heterocycles. The van der Waals surface area contributed by atoms with Crippen molar-refractivity contribution in [1.82, 2.24) is 14.9 Å². The number of pyridine rings is 1. The van der Waals surface area contributed by atoms with E-state index in [1.165, 1.54) is 0 Å². The van der Waals surface area contributed by atoms with Gasteiger partial charge in [-0.25, -0.2) is 14.8 Å². The Labute approximate surface area is 233 Å². The third kappa shape index (κ3) is 6.39. The largest absolute Gasteiger partial charge is 0.507 e. The smallest absolute Gasteiger partial charge is 0.321 e. The minimum Gasteiger partial charge on any atom is -0.507 e. The molecule has 3 heterocycles. The number of anilines is 1. The van der Waals surface area contributed by atoms with Gasteiger partial charge >= 0.3 is 6.03 Å². The Hall–Kier alpha value is -2.35. The summed E-state index contributed by atoms with van der Waals surface area (Å²) in [7, 11) is 0. The zero-order valence-corrected chi connectivity index (χ0v) is 24.5. The molecular formula is C28H34Cl2N4O2S. The highest BCUT2D eigenvalue weighted by atomic mass is 35.5. The zero-order valence-electron chi connectivity index (χ0n) is 22.2. The highest BCUT2D eigenvalue weighted by Gasteiger charge is 2.29. The number of amides is 2. The first-order chi connectivity index (χ1) is 17.2. The third-order valence-corrected chi connectivity index (χ3v) is 8.08. The van der Waals surface area contributed by atoms with Gasteiger partial charge in [-0.3, -0.25) is 0 Å². The van der Waals surface area contributed by atoms with E-state index in [4.69, 9.17) is 28.2 Å². The number of thiazole rings is 1. The van der Waals surface area contributed by atoms with Crippen LogP contribution < -0.4 is 5.32 Å². The average molecular weight is 562 g/mol. The second-order valence-corrected chi connectivity index (χ2v) is 13.3. The number of carbonyl (C=O) groups is 1. The summed E-state index contributed by atoms with van der Waals surface area (Å²) in [6.45, 7) is 14.0. The number of urea groups is 1. The molecule has 2 amide bonds. The fraction of sp³-hybridized carbons (Fsp3) is 0.464. The van der Waals surface area contributed by atoms with Gasteiger partial charge in [-0.15, -0.1) is 11.3 Å². The van der Waals surface area contributed by atoms with E-state index in [9.17, 15) is 9.90 Å². The molecule has 1 aliphatic heterocycles.